The van der Waals surface area contributed by atoms with Crippen LogP contribution in [-0.2, 0) is 0 Å². The van der Waals surface area contributed by atoms with Crippen molar-refractivity contribution in [3.05, 3.63) is 58.9 Å². The fourth-order valence-electron chi connectivity index (χ4n) is 2.26. The van der Waals surface area contributed by atoms with Crippen LogP contribution in [-0.4, -0.2) is 23.8 Å². The van der Waals surface area contributed by atoms with Crippen molar-refractivity contribution in [1.29, 1.82) is 0 Å². The highest BCUT2D eigenvalue weighted by Crippen LogP contribution is 2.20. The smallest absolute Gasteiger partial charge is 0.280 e. The molecule has 2 aromatic carbocycles. The monoisotopic (exact) mass is 280 g/mol. The number of anilines is 1. The summed E-state index contributed by atoms with van der Waals surface area (Å²) in [5, 5.41) is 0.522. The maximum atomic E-state index is 12.3. The van der Waals surface area contributed by atoms with Crippen molar-refractivity contribution in [1.82, 2.24) is 9.66 Å². The zero-order valence-corrected chi connectivity index (χ0v) is 11.9. The molecule has 21 heavy (non-hydrogen) atoms. The Kier molecular flexibility index (Phi) is 3.10. The van der Waals surface area contributed by atoms with E-state index in [1.807, 2.05) is 55.4 Å². The second-order valence-electron chi connectivity index (χ2n) is 5.07. The maximum absolute atomic E-state index is 12.3. The molecule has 106 valence electrons. The van der Waals surface area contributed by atoms with Gasteiger partial charge in [-0.05, 0) is 36.4 Å². The van der Waals surface area contributed by atoms with Crippen molar-refractivity contribution in [3.63, 3.8) is 0 Å². The predicted octanol–water partition coefficient (Wildman–Crippen LogP) is 1.84. The fourth-order valence-corrected chi connectivity index (χ4v) is 2.26. The molecule has 0 bridgehead atoms. The van der Waals surface area contributed by atoms with Crippen LogP contribution < -0.4 is 16.3 Å². The first-order chi connectivity index (χ1) is 10.1. The van der Waals surface area contributed by atoms with Crippen LogP contribution in [0, 0.1) is 0 Å². The highest BCUT2D eigenvalue weighted by Gasteiger charge is 2.10. The van der Waals surface area contributed by atoms with Gasteiger partial charge in [-0.2, -0.15) is 0 Å². The summed E-state index contributed by atoms with van der Waals surface area (Å²) in [5.41, 5.74) is 2.29. The van der Waals surface area contributed by atoms with E-state index >= 15 is 0 Å². The number of nitrogens with zero attached hydrogens (tertiary/aromatic N) is 3. The number of benzene rings is 2. The lowest BCUT2D eigenvalue weighted by Gasteiger charge is -2.13. The van der Waals surface area contributed by atoms with Crippen molar-refractivity contribution < 1.29 is 0 Å². The lowest BCUT2D eigenvalue weighted by molar-refractivity contribution is 0.927. The van der Waals surface area contributed by atoms with Crippen LogP contribution in [0.2, 0.25) is 0 Å². The molecule has 0 aliphatic heterocycles. The molecule has 2 N–H and O–H groups in total. The van der Waals surface area contributed by atoms with Gasteiger partial charge < -0.3 is 10.7 Å². The zero-order valence-electron chi connectivity index (χ0n) is 11.9. The van der Waals surface area contributed by atoms with Crippen molar-refractivity contribution in [3.8, 4) is 11.4 Å². The van der Waals surface area contributed by atoms with Gasteiger partial charge in [0.1, 0.15) is 0 Å². The zero-order chi connectivity index (χ0) is 15.0. The summed E-state index contributed by atoms with van der Waals surface area (Å²) in [6.45, 7) is 0. The third kappa shape index (κ3) is 2.23. The van der Waals surface area contributed by atoms with E-state index in [4.69, 9.17) is 5.84 Å². The van der Waals surface area contributed by atoms with Gasteiger partial charge >= 0.3 is 0 Å². The second kappa shape index (κ2) is 4.94. The van der Waals surface area contributed by atoms with Crippen molar-refractivity contribution >= 4 is 16.6 Å². The van der Waals surface area contributed by atoms with Crippen molar-refractivity contribution in [2.75, 3.05) is 24.8 Å². The molecule has 0 atom stereocenters. The maximum Gasteiger partial charge on any atom is 0.280 e. The topological polar surface area (TPSA) is 64.2 Å². The molecule has 0 aliphatic carbocycles. The van der Waals surface area contributed by atoms with E-state index in [1.54, 1.807) is 12.1 Å². The first-order valence-electron chi connectivity index (χ1n) is 6.62. The summed E-state index contributed by atoms with van der Waals surface area (Å²) < 4.78 is 1.10. The van der Waals surface area contributed by atoms with Gasteiger partial charge in [-0.1, -0.05) is 12.1 Å². The van der Waals surface area contributed by atoms with E-state index in [1.165, 1.54) is 0 Å². The lowest BCUT2D eigenvalue weighted by Crippen LogP contribution is -2.29. The molecule has 0 spiro atoms. The normalized spacial score (nSPS) is 10.8. The van der Waals surface area contributed by atoms with E-state index in [9.17, 15) is 4.79 Å². The Bertz CT molecular complexity index is 850. The molecule has 0 aliphatic rings. The Balaban J connectivity index is 2.20. The van der Waals surface area contributed by atoms with Gasteiger partial charge in [-0.15, -0.1) is 0 Å². The first-order valence-corrected chi connectivity index (χ1v) is 6.62. The van der Waals surface area contributed by atoms with Gasteiger partial charge in [0.25, 0.3) is 5.56 Å². The minimum atomic E-state index is -0.243. The Labute approximate surface area is 122 Å². The standard InChI is InChI=1S/C16H16N4O/c1-19(2)12-9-7-11(8-10-12)15-18-14-6-4-3-5-13(14)16(21)20(15)17/h3-10H,17H2,1-2H3. The Hall–Kier alpha value is -2.82. The largest absolute Gasteiger partial charge is 0.378 e. The van der Waals surface area contributed by atoms with Crippen LogP contribution in [0.4, 0.5) is 5.69 Å². The molecule has 0 saturated carbocycles. The van der Waals surface area contributed by atoms with Crippen LogP contribution >= 0.6 is 0 Å². The molecule has 3 rings (SSSR count). The minimum absolute atomic E-state index is 0.243. The third-order valence-electron chi connectivity index (χ3n) is 3.45. The number of aromatic nitrogens is 2. The summed E-state index contributed by atoms with van der Waals surface area (Å²) in [7, 11) is 3.95. The van der Waals surface area contributed by atoms with Gasteiger partial charge in [-0.3, -0.25) is 4.79 Å². The van der Waals surface area contributed by atoms with Crippen LogP contribution in [0.25, 0.3) is 22.3 Å². The van der Waals surface area contributed by atoms with Gasteiger partial charge in [0.05, 0.1) is 10.9 Å². The molecule has 0 radical (unpaired) electrons. The number of rotatable bonds is 2. The van der Waals surface area contributed by atoms with Crippen LogP contribution in [0.15, 0.2) is 53.3 Å². The average Bonchev–Trinajstić information content (AvgIpc) is 2.51. The van der Waals surface area contributed by atoms with Crippen molar-refractivity contribution in [2.24, 2.45) is 0 Å². The van der Waals surface area contributed by atoms with Crippen LogP contribution in [0.3, 0.4) is 0 Å². The SMILES string of the molecule is CN(C)c1ccc(-c2nc3ccccc3c(=O)n2N)cc1. The molecule has 0 saturated heterocycles. The quantitative estimate of drug-likeness (QED) is 0.728. The Morgan fingerprint density at radius 2 is 1.71 bits per heavy atom. The molecule has 5 nitrogen and oxygen atoms in total. The third-order valence-corrected chi connectivity index (χ3v) is 3.45. The number of fused-ring (bicyclic) bond motifs is 1. The molecular weight excluding hydrogens is 264 g/mol. The summed E-state index contributed by atoms with van der Waals surface area (Å²) in [4.78, 5) is 18.8. The van der Waals surface area contributed by atoms with Gasteiger partial charge in [-0.25, -0.2) is 9.66 Å². The number of hydrogen-bond donors (Lipinski definition) is 1. The molecule has 3 aromatic rings. The van der Waals surface area contributed by atoms with E-state index < -0.39 is 0 Å². The molecule has 1 aromatic heterocycles. The van der Waals surface area contributed by atoms with Gasteiger partial charge in [0, 0.05) is 25.3 Å². The van der Waals surface area contributed by atoms with E-state index in [-0.39, 0.29) is 5.56 Å². The highest BCUT2D eigenvalue weighted by molar-refractivity contribution is 5.79. The van der Waals surface area contributed by atoms with Crippen LogP contribution in [0.1, 0.15) is 0 Å². The summed E-state index contributed by atoms with van der Waals surface area (Å²) in [5.74, 6) is 6.37. The number of nitrogen functional groups attached to an aromatic ring is 1. The summed E-state index contributed by atoms with van der Waals surface area (Å²) >= 11 is 0. The van der Waals surface area contributed by atoms with E-state index in [0.717, 1.165) is 15.9 Å². The highest BCUT2D eigenvalue weighted by atomic mass is 16.1. The van der Waals surface area contributed by atoms with Crippen molar-refractivity contribution in [2.45, 2.75) is 0 Å². The minimum Gasteiger partial charge on any atom is -0.378 e. The summed E-state index contributed by atoms with van der Waals surface area (Å²) in [6.07, 6.45) is 0. The van der Waals surface area contributed by atoms with Gasteiger partial charge in [0.2, 0.25) is 0 Å². The fraction of sp³-hybridized carbons (Fsp3) is 0.125. The lowest BCUT2D eigenvalue weighted by atomic mass is 10.1. The second-order valence-corrected chi connectivity index (χ2v) is 5.07. The van der Waals surface area contributed by atoms with E-state index in [0.29, 0.717) is 16.7 Å². The molecule has 0 fully saturated rings. The predicted molar refractivity (Wildman–Crippen MR) is 85.9 cm³/mol. The van der Waals surface area contributed by atoms with Crippen LogP contribution in [0.5, 0.6) is 0 Å². The molecule has 0 amide bonds. The Morgan fingerprint density at radius 3 is 2.38 bits per heavy atom. The number of hydrogen-bond acceptors (Lipinski definition) is 4. The first kappa shape index (κ1) is 13.2. The number of para-hydroxylation sites is 1. The van der Waals surface area contributed by atoms with E-state index in [2.05, 4.69) is 4.98 Å². The average molecular weight is 280 g/mol. The molecular formula is C16H16N4O. The van der Waals surface area contributed by atoms with Gasteiger partial charge in [0.15, 0.2) is 5.82 Å². The summed E-state index contributed by atoms with van der Waals surface area (Å²) in [6, 6.07) is 15.0. The molecule has 5 heteroatoms. The Morgan fingerprint density at radius 1 is 1.05 bits per heavy atom. The molecule has 1 heterocycles. The number of nitrogens with two attached hydrogens (primary N) is 1. The molecule has 0 unspecified atom stereocenters.